The number of rotatable bonds is 5. The van der Waals surface area contributed by atoms with Crippen LogP contribution in [0.1, 0.15) is 11.1 Å². The first kappa shape index (κ1) is 15.7. The molecule has 1 aromatic rings. The van der Waals surface area contributed by atoms with Crippen LogP contribution in [0.4, 0.5) is 0 Å². The number of ether oxygens (including phenoxy) is 1. The number of hydrogen-bond acceptors (Lipinski definition) is 4. The second kappa shape index (κ2) is 8.59. The largest absolute Gasteiger partial charge is 0.379 e. The van der Waals surface area contributed by atoms with Gasteiger partial charge in [-0.05, 0) is 18.1 Å². The lowest BCUT2D eigenvalue weighted by molar-refractivity contribution is 0.0389. The Morgan fingerprint density at radius 1 is 1.33 bits per heavy atom. The minimum atomic E-state index is 0.728. The highest BCUT2D eigenvalue weighted by atomic mass is 16.5. The lowest BCUT2D eigenvalue weighted by Gasteiger charge is -2.26. The minimum Gasteiger partial charge on any atom is -0.379 e. The first-order valence-corrected chi connectivity index (χ1v) is 7.43. The molecule has 0 radical (unpaired) electrons. The molecule has 2 heterocycles. The van der Waals surface area contributed by atoms with Crippen LogP contribution >= 0.6 is 0 Å². The molecule has 6 heteroatoms. The summed E-state index contributed by atoms with van der Waals surface area (Å²) >= 11 is 0. The number of aromatic nitrogens is 1. The smallest absolute Gasteiger partial charge is 0.191 e. The van der Waals surface area contributed by atoms with Crippen LogP contribution in [-0.2, 0) is 11.3 Å². The van der Waals surface area contributed by atoms with Gasteiger partial charge < -0.3 is 15.4 Å². The molecule has 1 aromatic heterocycles. The van der Waals surface area contributed by atoms with E-state index in [4.69, 9.17) is 4.74 Å². The molecular formula is C15H25N5O. The Hall–Kier alpha value is -1.66. The highest BCUT2D eigenvalue weighted by Crippen LogP contribution is 2.00. The van der Waals surface area contributed by atoms with E-state index in [1.54, 1.807) is 7.05 Å². The Balaban J connectivity index is 1.68. The topological polar surface area (TPSA) is 61.8 Å². The van der Waals surface area contributed by atoms with Gasteiger partial charge in [-0.15, -0.1) is 0 Å². The number of aryl methyl sites for hydroxylation is 1. The van der Waals surface area contributed by atoms with Gasteiger partial charge in [0.25, 0.3) is 0 Å². The highest BCUT2D eigenvalue weighted by Gasteiger charge is 2.09. The van der Waals surface area contributed by atoms with Crippen LogP contribution in [0.25, 0.3) is 0 Å². The van der Waals surface area contributed by atoms with Crippen molar-refractivity contribution >= 4 is 5.96 Å². The van der Waals surface area contributed by atoms with Gasteiger partial charge in [0.1, 0.15) is 0 Å². The average Bonchev–Trinajstić information content (AvgIpc) is 2.52. The third-order valence-electron chi connectivity index (χ3n) is 3.44. The van der Waals surface area contributed by atoms with Gasteiger partial charge in [0, 0.05) is 52.2 Å². The van der Waals surface area contributed by atoms with E-state index in [1.807, 2.05) is 19.3 Å². The summed E-state index contributed by atoms with van der Waals surface area (Å²) in [5, 5.41) is 6.64. The second-order valence-electron chi connectivity index (χ2n) is 5.18. The first-order valence-electron chi connectivity index (χ1n) is 7.43. The molecule has 0 saturated carbocycles. The molecule has 116 valence electrons. The van der Waals surface area contributed by atoms with Gasteiger partial charge in [0.2, 0.25) is 0 Å². The quantitative estimate of drug-likeness (QED) is 0.607. The molecule has 1 aliphatic rings. The molecule has 1 fully saturated rings. The number of morpholine rings is 1. The van der Waals surface area contributed by atoms with Crippen molar-refractivity contribution in [2.24, 2.45) is 4.99 Å². The summed E-state index contributed by atoms with van der Waals surface area (Å²) in [7, 11) is 1.79. The molecule has 0 unspecified atom stereocenters. The van der Waals surface area contributed by atoms with Gasteiger partial charge in [-0.1, -0.05) is 6.07 Å². The Kier molecular flexibility index (Phi) is 6.43. The lowest BCUT2D eigenvalue weighted by atomic mass is 10.2. The molecule has 0 aromatic carbocycles. The standard InChI is InChI=1S/C15H25N5O/c1-13-9-14(11-17-10-13)12-19-15(16-2)18-3-4-20-5-7-21-8-6-20/h9-11H,3-8,12H2,1-2H3,(H2,16,18,19). The van der Waals surface area contributed by atoms with Gasteiger partial charge >= 0.3 is 0 Å². The number of guanidine groups is 1. The summed E-state index contributed by atoms with van der Waals surface area (Å²) in [6, 6.07) is 2.13. The monoisotopic (exact) mass is 291 g/mol. The van der Waals surface area contributed by atoms with Crippen LogP contribution in [0.5, 0.6) is 0 Å². The number of hydrogen-bond donors (Lipinski definition) is 2. The zero-order valence-corrected chi connectivity index (χ0v) is 12.9. The van der Waals surface area contributed by atoms with Crippen LogP contribution < -0.4 is 10.6 Å². The van der Waals surface area contributed by atoms with Crippen LogP contribution in [0.15, 0.2) is 23.5 Å². The molecule has 0 spiro atoms. The maximum Gasteiger partial charge on any atom is 0.191 e. The number of nitrogens with one attached hydrogen (secondary N) is 2. The van der Waals surface area contributed by atoms with Gasteiger partial charge in [-0.25, -0.2) is 0 Å². The van der Waals surface area contributed by atoms with Gasteiger partial charge in [-0.2, -0.15) is 0 Å². The lowest BCUT2D eigenvalue weighted by Crippen LogP contribution is -2.44. The van der Waals surface area contributed by atoms with E-state index in [0.717, 1.165) is 57.5 Å². The normalized spacial score (nSPS) is 16.8. The average molecular weight is 291 g/mol. The molecule has 0 atom stereocenters. The summed E-state index contributed by atoms with van der Waals surface area (Å²) in [5.41, 5.74) is 2.33. The van der Waals surface area contributed by atoms with Crippen molar-refractivity contribution in [1.29, 1.82) is 0 Å². The van der Waals surface area contributed by atoms with Crippen molar-refractivity contribution in [3.63, 3.8) is 0 Å². The second-order valence-corrected chi connectivity index (χ2v) is 5.18. The fourth-order valence-corrected chi connectivity index (χ4v) is 2.28. The summed E-state index contributed by atoms with van der Waals surface area (Å²) in [5.74, 6) is 0.824. The minimum absolute atomic E-state index is 0.728. The Morgan fingerprint density at radius 3 is 2.86 bits per heavy atom. The van der Waals surface area contributed by atoms with Crippen LogP contribution in [0, 0.1) is 6.92 Å². The van der Waals surface area contributed by atoms with Gasteiger partial charge in [0.15, 0.2) is 5.96 Å². The predicted octanol–water partition coefficient (Wildman–Crippen LogP) is 0.387. The maximum atomic E-state index is 5.34. The van der Waals surface area contributed by atoms with E-state index in [9.17, 15) is 0 Å². The van der Waals surface area contributed by atoms with Gasteiger partial charge in [-0.3, -0.25) is 14.9 Å². The molecule has 1 aliphatic heterocycles. The summed E-state index contributed by atoms with van der Waals surface area (Å²) in [6.07, 6.45) is 3.74. The van der Waals surface area contributed by atoms with E-state index >= 15 is 0 Å². The van der Waals surface area contributed by atoms with Crippen LogP contribution in [0.3, 0.4) is 0 Å². The van der Waals surface area contributed by atoms with E-state index in [1.165, 1.54) is 5.56 Å². The number of pyridine rings is 1. The van der Waals surface area contributed by atoms with Crippen molar-refractivity contribution in [2.45, 2.75) is 13.5 Å². The fourth-order valence-electron chi connectivity index (χ4n) is 2.28. The molecule has 1 saturated heterocycles. The molecular weight excluding hydrogens is 266 g/mol. The third kappa shape index (κ3) is 5.69. The molecule has 0 bridgehead atoms. The van der Waals surface area contributed by atoms with Crippen LogP contribution in [0.2, 0.25) is 0 Å². The molecule has 2 rings (SSSR count). The highest BCUT2D eigenvalue weighted by molar-refractivity contribution is 5.79. The predicted molar refractivity (Wildman–Crippen MR) is 84.4 cm³/mol. The first-order chi connectivity index (χ1) is 10.3. The fraction of sp³-hybridized carbons (Fsp3) is 0.600. The van der Waals surface area contributed by atoms with Crippen molar-refractivity contribution < 1.29 is 4.74 Å². The van der Waals surface area contributed by atoms with E-state index in [2.05, 4.69) is 31.6 Å². The molecule has 6 nitrogen and oxygen atoms in total. The zero-order valence-electron chi connectivity index (χ0n) is 12.9. The Bertz CT molecular complexity index is 457. The van der Waals surface area contributed by atoms with Crippen LogP contribution in [-0.4, -0.2) is 62.3 Å². The number of nitrogens with zero attached hydrogens (tertiary/aromatic N) is 3. The Labute approximate surface area is 126 Å². The van der Waals surface area contributed by atoms with Crippen molar-refractivity contribution in [3.8, 4) is 0 Å². The summed E-state index contributed by atoms with van der Waals surface area (Å²) in [4.78, 5) is 10.8. The van der Waals surface area contributed by atoms with Crippen molar-refractivity contribution in [3.05, 3.63) is 29.6 Å². The molecule has 0 aliphatic carbocycles. The summed E-state index contributed by atoms with van der Waals surface area (Å²) < 4.78 is 5.34. The zero-order chi connectivity index (χ0) is 14.9. The van der Waals surface area contributed by atoms with Crippen molar-refractivity contribution in [1.82, 2.24) is 20.5 Å². The molecule has 2 N–H and O–H groups in total. The van der Waals surface area contributed by atoms with Crippen molar-refractivity contribution in [2.75, 3.05) is 46.4 Å². The molecule has 0 amide bonds. The molecule has 21 heavy (non-hydrogen) atoms. The SMILES string of the molecule is CN=C(NCCN1CCOCC1)NCc1cncc(C)c1. The van der Waals surface area contributed by atoms with E-state index < -0.39 is 0 Å². The Morgan fingerprint density at radius 2 is 2.14 bits per heavy atom. The van der Waals surface area contributed by atoms with E-state index in [-0.39, 0.29) is 0 Å². The van der Waals surface area contributed by atoms with Gasteiger partial charge in [0.05, 0.1) is 13.2 Å². The number of aliphatic imine (C=N–C) groups is 1. The summed E-state index contributed by atoms with van der Waals surface area (Å²) in [6.45, 7) is 8.38. The van der Waals surface area contributed by atoms with E-state index in [0.29, 0.717) is 0 Å². The maximum absolute atomic E-state index is 5.34. The third-order valence-corrected chi connectivity index (χ3v) is 3.44.